The molecule has 2 aromatic carbocycles. The van der Waals surface area contributed by atoms with Crippen LogP contribution in [0.1, 0.15) is 54.5 Å². The van der Waals surface area contributed by atoms with Gasteiger partial charge in [-0.2, -0.15) is 0 Å². The molecule has 6 nitrogen and oxygen atoms in total. The number of likely N-dealkylation sites (N-methyl/N-ethyl adjacent to an activating group) is 1. The van der Waals surface area contributed by atoms with Crippen molar-refractivity contribution in [1.82, 2.24) is 4.90 Å². The number of carbonyl (C=O) groups excluding carboxylic acids is 1. The van der Waals surface area contributed by atoms with Crippen molar-refractivity contribution in [2.45, 2.75) is 58.7 Å². The molecule has 1 unspecified atom stereocenters. The molecule has 2 aromatic rings. The topological polar surface area (TPSA) is 79.2 Å². The minimum atomic E-state index is -0.822. The van der Waals surface area contributed by atoms with Crippen molar-refractivity contribution >= 4 is 5.97 Å². The first-order valence-corrected chi connectivity index (χ1v) is 12.0. The Hall–Kier alpha value is -2.41. The Morgan fingerprint density at radius 1 is 1.03 bits per heavy atom. The predicted octanol–water partition coefficient (Wildman–Crippen LogP) is 4.01. The van der Waals surface area contributed by atoms with Crippen molar-refractivity contribution < 1.29 is 24.5 Å². The molecule has 0 bridgehead atoms. The quantitative estimate of drug-likeness (QED) is 0.430. The first-order valence-electron chi connectivity index (χ1n) is 12.0. The van der Waals surface area contributed by atoms with E-state index in [-0.39, 0.29) is 25.1 Å². The van der Waals surface area contributed by atoms with E-state index in [0.29, 0.717) is 17.5 Å². The third-order valence-electron chi connectivity index (χ3n) is 6.96. The molecule has 188 valence electrons. The largest absolute Gasteiger partial charge is 0.496 e. The Morgan fingerprint density at radius 2 is 1.74 bits per heavy atom. The first-order chi connectivity index (χ1) is 16.2. The van der Waals surface area contributed by atoms with Crippen molar-refractivity contribution in [3.8, 4) is 5.75 Å². The van der Waals surface area contributed by atoms with Crippen LogP contribution < -0.4 is 4.74 Å². The zero-order chi connectivity index (χ0) is 25.3. The average Bonchev–Trinajstić information content (AvgIpc) is 2.85. The van der Waals surface area contributed by atoms with Crippen LogP contribution in [0.25, 0.3) is 0 Å². The third-order valence-corrected chi connectivity index (χ3v) is 6.96. The SMILES string of the molecule is COC(=O)C(CCCN(C)CCc1ccc(C)c(OC)c1)(c1ccc(CO)c(CO)c1)C(C)C. The highest BCUT2D eigenvalue weighted by Crippen LogP contribution is 2.39. The maximum Gasteiger partial charge on any atom is 0.316 e. The van der Waals surface area contributed by atoms with E-state index < -0.39 is 5.41 Å². The predicted molar refractivity (Wildman–Crippen MR) is 135 cm³/mol. The molecular formula is C28H41NO5. The molecule has 6 heteroatoms. The lowest BCUT2D eigenvalue weighted by molar-refractivity contribution is -0.150. The van der Waals surface area contributed by atoms with Gasteiger partial charge in [0.1, 0.15) is 5.75 Å². The van der Waals surface area contributed by atoms with Gasteiger partial charge in [-0.05, 0) is 79.6 Å². The first kappa shape index (κ1) is 27.8. The molecule has 0 aliphatic rings. The van der Waals surface area contributed by atoms with Gasteiger partial charge in [-0.25, -0.2) is 0 Å². The number of hydrogen-bond acceptors (Lipinski definition) is 6. The van der Waals surface area contributed by atoms with Gasteiger partial charge in [0.05, 0.1) is 32.8 Å². The molecule has 0 spiro atoms. The van der Waals surface area contributed by atoms with Crippen molar-refractivity contribution in [2.24, 2.45) is 5.92 Å². The zero-order valence-corrected chi connectivity index (χ0v) is 21.6. The number of rotatable bonds is 13. The third kappa shape index (κ3) is 6.38. The average molecular weight is 472 g/mol. The summed E-state index contributed by atoms with van der Waals surface area (Å²) < 4.78 is 10.7. The van der Waals surface area contributed by atoms with Crippen molar-refractivity contribution in [2.75, 3.05) is 34.4 Å². The number of aryl methyl sites for hydroxylation is 1. The summed E-state index contributed by atoms with van der Waals surface area (Å²) in [4.78, 5) is 15.4. The Labute approximate surface area is 204 Å². The minimum absolute atomic E-state index is 0.00296. The number of aliphatic hydroxyl groups excluding tert-OH is 2. The van der Waals surface area contributed by atoms with E-state index in [0.717, 1.165) is 42.8 Å². The van der Waals surface area contributed by atoms with Gasteiger partial charge in [0, 0.05) is 6.54 Å². The lowest BCUT2D eigenvalue weighted by Gasteiger charge is -2.36. The second kappa shape index (κ2) is 12.9. The van der Waals surface area contributed by atoms with E-state index in [1.54, 1.807) is 13.2 Å². The highest BCUT2D eigenvalue weighted by atomic mass is 16.5. The molecule has 1 atom stereocenters. The molecule has 0 aromatic heterocycles. The molecular weight excluding hydrogens is 430 g/mol. The molecule has 0 saturated carbocycles. The van der Waals surface area contributed by atoms with Gasteiger partial charge in [-0.15, -0.1) is 0 Å². The molecule has 0 saturated heterocycles. The summed E-state index contributed by atoms with van der Waals surface area (Å²) in [5, 5.41) is 19.4. The zero-order valence-electron chi connectivity index (χ0n) is 21.6. The molecule has 0 heterocycles. The maximum atomic E-state index is 13.1. The highest BCUT2D eigenvalue weighted by Gasteiger charge is 2.44. The Bertz CT molecular complexity index is 942. The molecule has 0 radical (unpaired) electrons. The van der Waals surface area contributed by atoms with Gasteiger partial charge in [-0.1, -0.05) is 44.2 Å². The van der Waals surface area contributed by atoms with E-state index in [9.17, 15) is 15.0 Å². The molecule has 0 aliphatic carbocycles. The second-order valence-electron chi connectivity index (χ2n) is 9.38. The number of carbonyl (C=O) groups is 1. The van der Waals surface area contributed by atoms with Gasteiger partial charge < -0.3 is 24.6 Å². The maximum absolute atomic E-state index is 13.1. The van der Waals surface area contributed by atoms with Crippen molar-refractivity contribution in [1.29, 1.82) is 0 Å². The number of ether oxygens (including phenoxy) is 2. The number of esters is 1. The highest BCUT2D eigenvalue weighted by molar-refractivity contribution is 5.83. The fourth-order valence-electron chi connectivity index (χ4n) is 4.69. The van der Waals surface area contributed by atoms with Crippen LogP contribution in [0.4, 0.5) is 0 Å². The van der Waals surface area contributed by atoms with Gasteiger partial charge in [0.2, 0.25) is 0 Å². The molecule has 0 fully saturated rings. The number of methoxy groups -OCH3 is 2. The Morgan fingerprint density at radius 3 is 2.32 bits per heavy atom. The van der Waals surface area contributed by atoms with E-state index >= 15 is 0 Å². The van der Waals surface area contributed by atoms with Crippen LogP contribution in [0.2, 0.25) is 0 Å². The van der Waals surface area contributed by atoms with E-state index in [1.165, 1.54) is 12.7 Å². The fraction of sp³-hybridized carbons (Fsp3) is 0.536. The van der Waals surface area contributed by atoms with E-state index in [4.69, 9.17) is 9.47 Å². The molecule has 2 N–H and O–H groups in total. The molecule has 0 aliphatic heterocycles. The van der Waals surface area contributed by atoms with Crippen LogP contribution in [0.5, 0.6) is 5.75 Å². The Balaban J connectivity index is 2.13. The fourth-order valence-corrected chi connectivity index (χ4v) is 4.69. The normalized spacial score (nSPS) is 13.2. The molecule has 2 rings (SSSR count). The summed E-state index contributed by atoms with van der Waals surface area (Å²) in [5.74, 6) is 0.642. The summed E-state index contributed by atoms with van der Waals surface area (Å²) in [6.45, 7) is 7.51. The standard InChI is InChI=1S/C28H41NO5/c1-20(2)28(27(32)34-6,25-11-10-23(18-30)24(17-25)19-31)13-7-14-29(4)15-12-22-9-8-21(3)26(16-22)33-5/h8-11,16-17,20,30-31H,7,12-15,18-19H2,1-6H3. The van der Waals surface area contributed by atoms with Crippen molar-refractivity contribution in [3.63, 3.8) is 0 Å². The summed E-state index contributed by atoms with van der Waals surface area (Å²) in [5.41, 5.74) is 3.67. The number of benzene rings is 2. The Kier molecular flexibility index (Phi) is 10.5. The van der Waals surface area contributed by atoms with Crippen LogP contribution in [0.3, 0.4) is 0 Å². The molecule has 0 amide bonds. The van der Waals surface area contributed by atoms with Crippen LogP contribution >= 0.6 is 0 Å². The minimum Gasteiger partial charge on any atom is -0.496 e. The summed E-state index contributed by atoms with van der Waals surface area (Å²) in [6, 6.07) is 11.8. The summed E-state index contributed by atoms with van der Waals surface area (Å²) in [7, 11) is 5.22. The summed E-state index contributed by atoms with van der Waals surface area (Å²) in [6.07, 6.45) is 2.36. The van der Waals surface area contributed by atoms with Crippen LogP contribution in [-0.4, -0.2) is 55.4 Å². The van der Waals surface area contributed by atoms with Gasteiger partial charge >= 0.3 is 5.97 Å². The van der Waals surface area contributed by atoms with Gasteiger partial charge in [-0.3, -0.25) is 4.79 Å². The van der Waals surface area contributed by atoms with E-state index in [2.05, 4.69) is 30.1 Å². The summed E-state index contributed by atoms with van der Waals surface area (Å²) >= 11 is 0. The monoisotopic (exact) mass is 471 g/mol. The lowest BCUT2D eigenvalue weighted by atomic mass is 9.68. The second-order valence-corrected chi connectivity index (χ2v) is 9.38. The number of aliphatic hydroxyl groups is 2. The van der Waals surface area contributed by atoms with Crippen LogP contribution in [0.15, 0.2) is 36.4 Å². The van der Waals surface area contributed by atoms with Crippen LogP contribution in [0, 0.1) is 12.8 Å². The number of hydrogen-bond donors (Lipinski definition) is 2. The van der Waals surface area contributed by atoms with Crippen LogP contribution in [-0.2, 0) is 34.6 Å². The van der Waals surface area contributed by atoms with Gasteiger partial charge in [0.25, 0.3) is 0 Å². The lowest BCUT2D eigenvalue weighted by Crippen LogP contribution is -2.42. The molecule has 34 heavy (non-hydrogen) atoms. The van der Waals surface area contributed by atoms with E-state index in [1.807, 2.05) is 32.9 Å². The van der Waals surface area contributed by atoms with Gasteiger partial charge in [0.15, 0.2) is 0 Å². The number of nitrogens with zero attached hydrogens (tertiary/aromatic N) is 1. The smallest absolute Gasteiger partial charge is 0.316 e. The van der Waals surface area contributed by atoms with Crippen molar-refractivity contribution in [3.05, 3.63) is 64.2 Å².